The number of para-hydroxylation sites is 1. The molecule has 0 fully saturated rings. The zero-order valence-corrected chi connectivity index (χ0v) is 34.2. The van der Waals surface area contributed by atoms with Crippen molar-refractivity contribution in [1.29, 1.82) is 0 Å². The molecule has 0 amide bonds. The normalized spacial score (nSPS) is 12.5. The Morgan fingerprint density at radius 2 is 1.49 bits per heavy atom. The zero-order valence-electron chi connectivity index (χ0n) is 31.8. The number of aromatic nitrogens is 1. The van der Waals surface area contributed by atoms with Gasteiger partial charge in [0.15, 0.2) is 5.78 Å². The van der Waals surface area contributed by atoms with Gasteiger partial charge < -0.3 is 13.9 Å². The molecule has 6 rings (SSSR count). The van der Waals surface area contributed by atoms with E-state index in [9.17, 15) is 9.90 Å². The number of allylic oxidation sites excluding steroid dienone is 2. The summed E-state index contributed by atoms with van der Waals surface area (Å²) in [6.07, 6.45) is 8.39. The Morgan fingerprint density at radius 1 is 0.843 bits per heavy atom. The second kappa shape index (κ2) is 15.7. The average molecular weight is 863 g/mol. The van der Waals surface area contributed by atoms with Crippen LogP contribution in [0.5, 0.6) is 0 Å². The Labute approximate surface area is 316 Å². The molecule has 0 aliphatic carbocycles. The van der Waals surface area contributed by atoms with Crippen LogP contribution in [0.1, 0.15) is 99.1 Å². The summed E-state index contributed by atoms with van der Waals surface area (Å²) in [6, 6.07) is 24.4. The Hall–Kier alpha value is -3.99. The van der Waals surface area contributed by atoms with Crippen molar-refractivity contribution in [2.75, 3.05) is 0 Å². The van der Waals surface area contributed by atoms with E-state index in [0.29, 0.717) is 0 Å². The van der Waals surface area contributed by atoms with Crippen LogP contribution in [-0.4, -0.2) is 15.9 Å². The van der Waals surface area contributed by atoms with Crippen LogP contribution < -0.4 is 0 Å². The molecular formula is C45H52IrNO4-. The smallest absolute Gasteiger partial charge is 0.164 e. The molecule has 0 saturated carbocycles. The van der Waals surface area contributed by atoms with E-state index in [1.165, 1.54) is 17.0 Å². The van der Waals surface area contributed by atoms with Crippen molar-refractivity contribution in [3.8, 4) is 22.6 Å². The maximum atomic E-state index is 12.2. The fourth-order valence-corrected chi connectivity index (χ4v) is 6.33. The van der Waals surface area contributed by atoms with Gasteiger partial charge in [-0.3, -0.25) is 9.78 Å². The number of rotatable bonds is 9. The van der Waals surface area contributed by atoms with E-state index in [-0.39, 0.29) is 47.9 Å². The Bertz CT molecular complexity index is 2170. The maximum absolute atomic E-state index is 12.2. The monoisotopic (exact) mass is 863 g/mol. The third-order valence-electron chi connectivity index (χ3n) is 10.9. The topological polar surface area (TPSA) is 76.5 Å². The minimum atomic E-state index is -0.337. The quantitative estimate of drug-likeness (QED) is 0.0890. The number of fused-ring (bicyclic) bond motifs is 3. The van der Waals surface area contributed by atoms with Gasteiger partial charge >= 0.3 is 0 Å². The second-order valence-electron chi connectivity index (χ2n) is 15.1. The van der Waals surface area contributed by atoms with Gasteiger partial charge in [0.25, 0.3) is 0 Å². The van der Waals surface area contributed by atoms with Crippen molar-refractivity contribution in [2.45, 2.75) is 100 Å². The number of aliphatic hydroxyl groups excluding tert-OH is 1. The molecule has 6 aromatic rings. The molecule has 6 heteroatoms. The molecule has 5 nitrogen and oxygen atoms in total. The Balaban J connectivity index is 0.000000279. The van der Waals surface area contributed by atoms with E-state index < -0.39 is 0 Å². The third-order valence-corrected chi connectivity index (χ3v) is 10.9. The van der Waals surface area contributed by atoms with Crippen LogP contribution in [0.3, 0.4) is 0 Å². The summed E-state index contributed by atoms with van der Waals surface area (Å²) in [5.41, 5.74) is 6.07. The molecule has 0 atom stereocenters. The number of aryl methyl sites for hydroxylation is 1. The van der Waals surface area contributed by atoms with E-state index in [1.807, 2.05) is 65.9 Å². The molecule has 3 aromatic carbocycles. The summed E-state index contributed by atoms with van der Waals surface area (Å²) in [4.78, 5) is 16.9. The van der Waals surface area contributed by atoms with Crippen molar-refractivity contribution in [1.82, 2.24) is 4.98 Å². The largest absolute Gasteiger partial charge is 0.512 e. The number of pyridine rings is 1. The van der Waals surface area contributed by atoms with Gasteiger partial charge in [0.05, 0.1) is 11.8 Å². The second-order valence-corrected chi connectivity index (χ2v) is 15.1. The van der Waals surface area contributed by atoms with Gasteiger partial charge in [0, 0.05) is 59.7 Å². The van der Waals surface area contributed by atoms with E-state index in [1.54, 1.807) is 6.26 Å². The molecule has 0 saturated heterocycles. The van der Waals surface area contributed by atoms with Gasteiger partial charge in [0.2, 0.25) is 0 Å². The molecule has 3 heterocycles. The molecule has 0 bridgehead atoms. The molecule has 51 heavy (non-hydrogen) atoms. The Kier molecular flexibility index (Phi) is 12.3. The number of hydrogen-bond acceptors (Lipinski definition) is 5. The van der Waals surface area contributed by atoms with Gasteiger partial charge in [-0.05, 0) is 61.8 Å². The number of benzene rings is 3. The SMILES string of the molecule is CCC(C)(CC)C(=O)/C=C(\O)C(C)(CC)CC.Cc1coc2c(-c3cc4ccnc(-c5[c-]c6ccccc6c(C(C)(C)C)c5)c4o3)cccc12.[Ir]. The van der Waals surface area contributed by atoms with Crippen LogP contribution in [0, 0.1) is 23.8 Å². The van der Waals surface area contributed by atoms with E-state index in [0.717, 1.165) is 81.2 Å². The first-order valence-electron chi connectivity index (χ1n) is 18.0. The zero-order chi connectivity index (χ0) is 36.4. The summed E-state index contributed by atoms with van der Waals surface area (Å²) < 4.78 is 12.3. The fourth-order valence-electron chi connectivity index (χ4n) is 6.33. The van der Waals surface area contributed by atoms with Gasteiger partial charge in [0.1, 0.15) is 22.7 Å². The average Bonchev–Trinajstić information content (AvgIpc) is 3.73. The van der Waals surface area contributed by atoms with E-state index in [4.69, 9.17) is 13.8 Å². The van der Waals surface area contributed by atoms with Crippen LogP contribution in [0.2, 0.25) is 0 Å². The van der Waals surface area contributed by atoms with Crippen LogP contribution in [0.4, 0.5) is 0 Å². The number of carbonyl (C=O) groups excluding carboxylic acids is 1. The minimum absolute atomic E-state index is 0. The van der Waals surface area contributed by atoms with Crippen molar-refractivity contribution in [3.63, 3.8) is 0 Å². The molecule has 0 aliphatic heterocycles. The molecule has 1 N–H and O–H groups in total. The van der Waals surface area contributed by atoms with Gasteiger partial charge in [-0.2, -0.15) is 0 Å². The number of furan rings is 2. The van der Waals surface area contributed by atoms with Gasteiger partial charge in [-0.25, -0.2) is 0 Å². The summed E-state index contributed by atoms with van der Waals surface area (Å²) in [7, 11) is 0. The summed E-state index contributed by atoms with van der Waals surface area (Å²) in [6.45, 7) is 20.9. The van der Waals surface area contributed by atoms with E-state index in [2.05, 4.69) is 76.2 Å². The van der Waals surface area contributed by atoms with Crippen molar-refractivity contribution in [3.05, 3.63) is 102 Å². The molecule has 1 radical (unpaired) electrons. The molecule has 0 aliphatic rings. The summed E-state index contributed by atoms with van der Waals surface area (Å²) >= 11 is 0. The standard InChI is InChI=1S/C30H24NO2.C15H28O2.Ir/c1-18-17-32-29-22(18)10-7-11-24(29)26-16-20-12-13-31-27(28(20)33-26)21-14-19-8-5-6-9-23(19)25(15-21)30(2,3)4;1-7-14(5,8-2)12(16)11-13(17)15(6,9-3)10-4;/h5-13,15-17H,1-4H3;11,16H,7-10H2,1-6H3;/q-1;;/b;12-11-;. The number of carbonyl (C=O) groups is 1. The number of aliphatic hydroxyl groups is 1. The Morgan fingerprint density at radius 3 is 2.14 bits per heavy atom. The number of ketones is 1. The summed E-state index contributed by atoms with van der Waals surface area (Å²) in [5.74, 6) is 1.06. The van der Waals surface area contributed by atoms with Crippen molar-refractivity contribution < 1.29 is 38.8 Å². The number of nitrogens with zero attached hydrogens (tertiary/aromatic N) is 1. The predicted molar refractivity (Wildman–Crippen MR) is 208 cm³/mol. The first-order chi connectivity index (χ1) is 23.7. The molecule has 0 unspecified atom stereocenters. The molecule has 271 valence electrons. The van der Waals surface area contributed by atoms with Crippen molar-refractivity contribution >= 4 is 38.5 Å². The first-order valence-corrected chi connectivity index (χ1v) is 18.0. The fraction of sp³-hybridized carbons (Fsp3) is 0.378. The maximum Gasteiger partial charge on any atom is 0.164 e. The van der Waals surface area contributed by atoms with Crippen LogP contribution in [-0.2, 0) is 30.3 Å². The van der Waals surface area contributed by atoms with Crippen molar-refractivity contribution in [2.24, 2.45) is 10.8 Å². The first kappa shape index (κ1) is 39.8. The predicted octanol–water partition coefficient (Wildman–Crippen LogP) is 13.1. The summed E-state index contributed by atoms with van der Waals surface area (Å²) in [5, 5.41) is 14.6. The molecular weight excluding hydrogens is 811 g/mol. The van der Waals surface area contributed by atoms with E-state index >= 15 is 0 Å². The molecule has 0 spiro atoms. The van der Waals surface area contributed by atoms with Crippen LogP contribution >= 0.6 is 0 Å². The van der Waals surface area contributed by atoms with Crippen LogP contribution in [0.15, 0.2) is 93.8 Å². The van der Waals surface area contributed by atoms with Crippen LogP contribution in [0.25, 0.3) is 55.3 Å². The van der Waals surface area contributed by atoms with Gasteiger partial charge in [-0.15, -0.1) is 29.1 Å². The minimum Gasteiger partial charge on any atom is -0.512 e. The third kappa shape index (κ3) is 7.93. The number of hydrogen-bond donors (Lipinski definition) is 1. The molecule has 3 aromatic heterocycles. The van der Waals surface area contributed by atoms with Gasteiger partial charge in [-0.1, -0.05) is 104 Å².